The van der Waals surface area contributed by atoms with Crippen LogP contribution in [0.2, 0.25) is 0 Å². The summed E-state index contributed by atoms with van der Waals surface area (Å²) in [5, 5.41) is 7.81. The van der Waals surface area contributed by atoms with Crippen LogP contribution in [0, 0.1) is 11.3 Å². The van der Waals surface area contributed by atoms with Gasteiger partial charge in [-0.2, -0.15) is 5.10 Å². The maximum atomic E-state index is 4.41. The van der Waals surface area contributed by atoms with Crippen molar-refractivity contribution in [2.45, 2.75) is 54.0 Å². The fourth-order valence-corrected chi connectivity index (χ4v) is 2.07. The Morgan fingerprint density at radius 2 is 2.11 bits per heavy atom. The summed E-state index contributed by atoms with van der Waals surface area (Å²) in [7, 11) is 0. The summed E-state index contributed by atoms with van der Waals surface area (Å²) in [4.78, 5) is 4.41. The minimum Gasteiger partial charge on any atom is -0.316 e. The van der Waals surface area contributed by atoms with Gasteiger partial charge >= 0.3 is 0 Å². The molecule has 1 unspecified atom stereocenters. The molecule has 0 spiro atoms. The second-order valence-electron chi connectivity index (χ2n) is 5.65. The maximum Gasteiger partial charge on any atom is 0.138 e. The number of hydrogen-bond donors (Lipinski definition) is 1. The Kier molecular flexibility index (Phi) is 5.79. The van der Waals surface area contributed by atoms with Gasteiger partial charge in [0.2, 0.25) is 0 Å². The molecule has 0 amide bonds. The van der Waals surface area contributed by atoms with E-state index in [0.29, 0.717) is 5.92 Å². The Bertz CT molecular complexity index is 345. The molecule has 0 aliphatic rings. The third-order valence-electron chi connectivity index (χ3n) is 3.91. The average Bonchev–Trinajstić information content (AvgIpc) is 2.76. The molecule has 0 fully saturated rings. The smallest absolute Gasteiger partial charge is 0.138 e. The average molecular weight is 252 g/mol. The molecule has 18 heavy (non-hydrogen) atoms. The van der Waals surface area contributed by atoms with Crippen LogP contribution in [0.15, 0.2) is 6.33 Å². The number of nitrogens with one attached hydrogen (secondary N) is 1. The highest BCUT2D eigenvalue weighted by Gasteiger charge is 2.30. The van der Waals surface area contributed by atoms with E-state index < -0.39 is 0 Å². The van der Waals surface area contributed by atoms with Crippen molar-refractivity contribution in [2.75, 3.05) is 13.1 Å². The molecule has 1 rings (SSSR count). The summed E-state index contributed by atoms with van der Waals surface area (Å²) in [5.74, 6) is 1.72. The lowest BCUT2D eigenvalue weighted by Crippen LogP contribution is -2.39. The largest absolute Gasteiger partial charge is 0.316 e. The second kappa shape index (κ2) is 6.88. The quantitative estimate of drug-likeness (QED) is 0.723. The fourth-order valence-electron chi connectivity index (χ4n) is 2.07. The number of aromatic nitrogens is 3. The van der Waals surface area contributed by atoms with E-state index in [2.05, 4.69) is 50.0 Å². The molecule has 1 N–H and O–H groups in total. The lowest BCUT2D eigenvalue weighted by atomic mass is 9.76. The molecule has 1 atom stereocenters. The van der Waals surface area contributed by atoms with Crippen LogP contribution in [0.3, 0.4) is 0 Å². The van der Waals surface area contributed by atoms with Crippen LogP contribution in [0.4, 0.5) is 0 Å². The molecule has 4 heteroatoms. The Morgan fingerprint density at radius 3 is 2.67 bits per heavy atom. The van der Waals surface area contributed by atoms with Crippen molar-refractivity contribution < 1.29 is 0 Å². The first kappa shape index (κ1) is 15.2. The Balaban J connectivity index is 2.72. The van der Waals surface area contributed by atoms with E-state index >= 15 is 0 Å². The first-order valence-corrected chi connectivity index (χ1v) is 7.11. The molecule has 0 saturated heterocycles. The molecule has 1 aromatic heterocycles. The molecule has 0 aliphatic carbocycles. The summed E-state index contributed by atoms with van der Waals surface area (Å²) in [6.45, 7) is 14.3. The van der Waals surface area contributed by atoms with Gasteiger partial charge in [0, 0.05) is 19.5 Å². The van der Waals surface area contributed by atoms with Gasteiger partial charge in [-0.3, -0.25) is 4.68 Å². The molecule has 0 bridgehead atoms. The van der Waals surface area contributed by atoms with Crippen LogP contribution in [0.25, 0.3) is 0 Å². The number of nitrogens with zero attached hydrogens (tertiary/aromatic N) is 3. The normalized spacial score (nSPS) is 15.0. The van der Waals surface area contributed by atoms with Crippen molar-refractivity contribution in [3.8, 4) is 0 Å². The molecule has 1 heterocycles. The fraction of sp³-hybridized carbons (Fsp3) is 0.857. The molecule has 0 saturated carbocycles. The van der Waals surface area contributed by atoms with Gasteiger partial charge in [-0.15, -0.1) is 0 Å². The van der Waals surface area contributed by atoms with Gasteiger partial charge in [-0.25, -0.2) is 4.98 Å². The molecule has 0 radical (unpaired) electrons. The summed E-state index contributed by atoms with van der Waals surface area (Å²) in [5.41, 5.74) is 0.231. The Morgan fingerprint density at radius 1 is 1.39 bits per heavy atom. The highest BCUT2D eigenvalue weighted by Crippen LogP contribution is 2.30. The zero-order valence-corrected chi connectivity index (χ0v) is 12.5. The SMILES string of the molecule is CCCNCC(C)(Cc1ncnn1CC)C(C)C. The summed E-state index contributed by atoms with van der Waals surface area (Å²) >= 11 is 0. The van der Waals surface area contributed by atoms with E-state index in [-0.39, 0.29) is 5.41 Å². The molecular formula is C14H28N4. The lowest BCUT2D eigenvalue weighted by molar-refractivity contribution is 0.200. The van der Waals surface area contributed by atoms with Crippen molar-refractivity contribution in [2.24, 2.45) is 11.3 Å². The Labute approximate surface area is 111 Å². The van der Waals surface area contributed by atoms with Crippen LogP contribution in [0.1, 0.15) is 46.9 Å². The first-order chi connectivity index (χ1) is 8.53. The molecule has 4 nitrogen and oxygen atoms in total. The number of aryl methyl sites for hydroxylation is 1. The number of rotatable bonds is 8. The summed E-state index contributed by atoms with van der Waals surface area (Å²) < 4.78 is 2.00. The van der Waals surface area contributed by atoms with Gasteiger partial charge in [-0.1, -0.05) is 27.7 Å². The minimum atomic E-state index is 0.231. The van der Waals surface area contributed by atoms with Crippen molar-refractivity contribution in [3.05, 3.63) is 12.2 Å². The predicted octanol–water partition coefficient (Wildman–Crippen LogP) is 2.50. The van der Waals surface area contributed by atoms with Crippen molar-refractivity contribution >= 4 is 0 Å². The summed E-state index contributed by atoms with van der Waals surface area (Å²) in [6.07, 6.45) is 3.83. The van der Waals surface area contributed by atoms with Crippen LogP contribution in [0.5, 0.6) is 0 Å². The second-order valence-corrected chi connectivity index (χ2v) is 5.65. The lowest BCUT2D eigenvalue weighted by Gasteiger charge is -2.34. The van der Waals surface area contributed by atoms with Gasteiger partial charge in [0.1, 0.15) is 12.2 Å². The molecule has 104 valence electrons. The van der Waals surface area contributed by atoms with E-state index in [9.17, 15) is 0 Å². The van der Waals surface area contributed by atoms with E-state index in [1.54, 1.807) is 6.33 Å². The summed E-state index contributed by atoms with van der Waals surface area (Å²) in [6, 6.07) is 0. The van der Waals surface area contributed by atoms with Crippen LogP contribution in [-0.4, -0.2) is 27.9 Å². The molecule has 1 aromatic rings. The van der Waals surface area contributed by atoms with Gasteiger partial charge in [0.25, 0.3) is 0 Å². The van der Waals surface area contributed by atoms with Crippen LogP contribution in [-0.2, 0) is 13.0 Å². The highest BCUT2D eigenvalue weighted by molar-refractivity contribution is 4.94. The standard InChI is InChI=1S/C14H28N4/c1-6-8-15-10-14(5,12(3)4)9-13-16-11-17-18(13)7-2/h11-12,15H,6-10H2,1-5H3. The minimum absolute atomic E-state index is 0.231. The topological polar surface area (TPSA) is 42.7 Å². The zero-order chi connectivity index (χ0) is 13.6. The van der Waals surface area contributed by atoms with Crippen molar-refractivity contribution in [1.82, 2.24) is 20.1 Å². The predicted molar refractivity (Wildman–Crippen MR) is 75.5 cm³/mol. The van der Waals surface area contributed by atoms with Crippen LogP contribution < -0.4 is 5.32 Å². The molecule has 0 aliphatic heterocycles. The van der Waals surface area contributed by atoms with E-state index in [1.807, 2.05) is 4.68 Å². The molecular weight excluding hydrogens is 224 g/mol. The Hall–Kier alpha value is -0.900. The van der Waals surface area contributed by atoms with E-state index in [0.717, 1.165) is 31.9 Å². The van der Waals surface area contributed by atoms with Crippen LogP contribution >= 0.6 is 0 Å². The van der Waals surface area contributed by atoms with E-state index in [1.165, 1.54) is 6.42 Å². The molecule has 0 aromatic carbocycles. The van der Waals surface area contributed by atoms with Gasteiger partial charge in [0.05, 0.1) is 0 Å². The maximum absolute atomic E-state index is 4.41. The van der Waals surface area contributed by atoms with Gasteiger partial charge < -0.3 is 5.32 Å². The first-order valence-electron chi connectivity index (χ1n) is 7.11. The highest BCUT2D eigenvalue weighted by atomic mass is 15.3. The van der Waals surface area contributed by atoms with Gasteiger partial charge in [-0.05, 0) is 31.2 Å². The van der Waals surface area contributed by atoms with Gasteiger partial charge in [0.15, 0.2) is 0 Å². The monoisotopic (exact) mass is 252 g/mol. The zero-order valence-electron chi connectivity index (χ0n) is 12.5. The van der Waals surface area contributed by atoms with Crippen molar-refractivity contribution in [3.63, 3.8) is 0 Å². The van der Waals surface area contributed by atoms with Crippen molar-refractivity contribution in [1.29, 1.82) is 0 Å². The number of hydrogen-bond acceptors (Lipinski definition) is 3. The third-order valence-corrected chi connectivity index (χ3v) is 3.91. The third kappa shape index (κ3) is 3.80. The van der Waals surface area contributed by atoms with E-state index in [4.69, 9.17) is 0 Å².